The molecule has 156 valence electrons. The summed E-state index contributed by atoms with van der Waals surface area (Å²) in [6, 6.07) is 0.0404. The Morgan fingerprint density at radius 3 is 2.71 bits per heavy atom. The zero-order chi connectivity index (χ0) is 19.7. The van der Waals surface area contributed by atoms with Gasteiger partial charge in [-0.1, -0.05) is 30.8 Å². The number of alkyl halides is 1. The maximum absolute atomic E-state index is 14.1. The normalized spacial score (nSPS) is 33.6. The number of carbonyl (C=O) groups excluding carboxylic acids is 1. The molecule has 1 amide bonds. The van der Waals surface area contributed by atoms with Crippen LogP contribution in [0.1, 0.15) is 68.4 Å². The summed E-state index contributed by atoms with van der Waals surface area (Å²) >= 11 is 0. The van der Waals surface area contributed by atoms with Gasteiger partial charge in [0.2, 0.25) is 5.91 Å². The molecule has 0 radical (unpaired) electrons. The molecular formula is C22H34FN3O2. The van der Waals surface area contributed by atoms with Crippen LogP contribution in [-0.2, 0) is 11.3 Å². The number of nitrogens with zero attached hydrogens (tertiary/aromatic N) is 2. The van der Waals surface area contributed by atoms with E-state index in [2.05, 4.69) is 15.4 Å². The minimum atomic E-state index is -0.833. The Bertz CT molecular complexity index is 672. The van der Waals surface area contributed by atoms with E-state index in [1.165, 1.54) is 32.1 Å². The molecule has 5 nitrogen and oxygen atoms in total. The van der Waals surface area contributed by atoms with E-state index in [0.717, 1.165) is 41.7 Å². The van der Waals surface area contributed by atoms with E-state index in [4.69, 9.17) is 4.52 Å². The molecule has 1 saturated heterocycles. The fourth-order valence-electron chi connectivity index (χ4n) is 5.73. The van der Waals surface area contributed by atoms with Gasteiger partial charge in [-0.05, 0) is 51.4 Å². The standard InChI is InChI=1S/C22H34FN3O2/c1-14-21(15(2)28-25-14)13-26-12-19(23)10-20(26)11-24-22(27)18-8-7-16-5-3-4-6-17(16)9-18/h16-20H,3-13H2,1-2H3,(H,24,27)/t16?,17?,18?,19-,20-/m0/s1. The van der Waals surface area contributed by atoms with Crippen LogP contribution in [0.2, 0.25) is 0 Å². The molecule has 1 aromatic rings. The van der Waals surface area contributed by atoms with Gasteiger partial charge >= 0.3 is 0 Å². The van der Waals surface area contributed by atoms with Gasteiger partial charge in [-0.2, -0.15) is 0 Å². The van der Waals surface area contributed by atoms with Crippen molar-refractivity contribution in [3.8, 4) is 0 Å². The highest BCUT2D eigenvalue weighted by Gasteiger charge is 2.37. The highest BCUT2D eigenvalue weighted by molar-refractivity contribution is 5.78. The van der Waals surface area contributed by atoms with Crippen LogP contribution in [0.3, 0.4) is 0 Å². The molecular weight excluding hydrogens is 357 g/mol. The predicted molar refractivity (Wildman–Crippen MR) is 105 cm³/mol. The van der Waals surface area contributed by atoms with Crippen LogP contribution in [0.25, 0.3) is 0 Å². The number of hydrogen-bond donors (Lipinski definition) is 1. The number of likely N-dealkylation sites (tertiary alicyclic amines) is 1. The van der Waals surface area contributed by atoms with Gasteiger partial charge in [0.1, 0.15) is 11.9 Å². The topological polar surface area (TPSA) is 58.4 Å². The summed E-state index contributed by atoms with van der Waals surface area (Å²) in [5.41, 5.74) is 1.91. The average molecular weight is 392 g/mol. The van der Waals surface area contributed by atoms with Crippen molar-refractivity contribution in [1.29, 1.82) is 0 Å². The lowest BCUT2D eigenvalue weighted by molar-refractivity contribution is -0.127. The van der Waals surface area contributed by atoms with Gasteiger partial charge in [-0.25, -0.2) is 4.39 Å². The molecule has 4 rings (SSSR count). The van der Waals surface area contributed by atoms with Crippen LogP contribution >= 0.6 is 0 Å². The van der Waals surface area contributed by atoms with E-state index in [1.807, 2.05) is 13.8 Å². The third-order valence-electron chi connectivity index (χ3n) is 7.44. The Kier molecular flexibility index (Phi) is 6.04. The molecule has 0 bridgehead atoms. The Morgan fingerprint density at radius 1 is 1.18 bits per heavy atom. The number of fused-ring (bicyclic) bond motifs is 1. The number of carbonyl (C=O) groups is 1. The largest absolute Gasteiger partial charge is 0.361 e. The second-order valence-electron chi connectivity index (χ2n) is 9.28. The van der Waals surface area contributed by atoms with E-state index >= 15 is 0 Å². The fraction of sp³-hybridized carbons (Fsp3) is 0.818. The SMILES string of the molecule is Cc1noc(C)c1CN1C[C@@H](F)C[C@H]1CNC(=O)C1CCC2CCCCC2C1. The van der Waals surface area contributed by atoms with E-state index in [-0.39, 0.29) is 17.9 Å². The molecule has 2 saturated carbocycles. The maximum Gasteiger partial charge on any atom is 0.223 e. The Morgan fingerprint density at radius 2 is 1.96 bits per heavy atom. The lowest BCUT2D eigenvalue weighted by Crippen LogP contribution is -2.43. The van der Waals surface area contributed by atoms with Gasteiger partial charge in [-0.15, -0.1) is 0 Å². The first-order chi connectivity index (χ1) is 13.5. The highest BCUT2D eigenvalue weighted by atomic mass is 19.1. The summed E-state index contributed by atoms with van der Waals surface area (Å²) in [6.45, 7) is 5.41. The van der Waals surface area contributed by atoms with Crippen molar-refractivity contribution in [2.75, 3.05) is 13.1 Å². The van der Waals surface area contributed by atoms with Crippen molar-refractivity contribution < 1.29 is 13.7 Å². The Balaban J connectivity index is 1.31. The quantitative estimate of drug-likeness (QED) is 0.826. The molecule has 3 fully saturated rings. The summed E-state index contributed by atoms with van der Waals surface area (Å²) < 4.78 is 19.4. The molecule has 1 N–H and O–H groups in total. The Labute approximate surface area is 167 Å². The van der Waals surface area contributed by atoms with Crippen LogP contribution in [-0.4, -0.2) is 41.3 Å². The van der Waals surface area contributed by atoms with Crippen LogP contribution in [0, 0.1) is 31.6 Å². The number of aryl methyl sites for hydroxylation is 2. The molecule has 28 heavy (non-hydrogen) atoms. The van der Waals surface area contributed by atoms with Crippen molar-refractivity contribution in [1.82, 2.24) is 15.4 Å². The van der Waals surface area contributed by atoms with Gasteiger partial charge in [0, 0.05) is 37.2 Å². The van der Waals surface area contributed by atoms with Gasteiger partial charge in [0.05, 0.1) is 5.69 Å². The third kappa shape index (κ3) is 4.27. The molecule has 0 spiro atoms. The van der Waals surface area contributed by atoms with Crippen molar-refractivity contribution in [2.45, 2.75) is 84.0 Å². The van der Waals surface area contributed by atoms with E-state index in [0.29, 0.717) is 26.1 Å². The molecule has 3 aliphatic rings. The molecule has 2 heterocycles. The summed E-state index contributed by atoms with van der Waals surface area (Å²) in [4.78, 5) is 14.9. The fourth-order valence-corrected chi connectivity index (χ4v) is 5.73. The van der Waals surface area contributed by atoms with Crippen molar-refractivity contribution in [3.05, 3.63) is 17.0 Å². The number of halogens is 1. The lowest BCUT2D eigenvalue weighted by atomic mass is 9.67. The monoisotopic (exact) mass is 391 g/mol. The van der Waals surface area contributed by atoms with Crippen molar-refractivity contribution in [3.63, 3.8) is 0 Å². The smallest absolute Gasteiger partial charge is 0.223 e. The summed E-state index contributed by atoms with van der Waals surface area (Å²) in [5, 5.41) is 7.17. The summed E-state index contributed by atoms with van der Waals surface area (Å²) in [5.74, 6) is 2.73. The molecule has 1 aromatic heterocycles. The zero-order valence-corrected chi connectivity index (χ0v) is 17.3. The molecule has 6 heteroatoms. The minimum Gasteiger partial charge on any atom is -0.361 e. The summed E-state index contributed by atoms with van der Waals surface area (Å²) in [7, 11) is 0. The van der Waals surface area contributed by atoms with E-state index < -0.39 is 6.17 Å². The molecule has 1 aliphatic heterocycles. The van der Waals surface area contributed by atoms with E-state index in [9.17, 15) is 9.18 Å². The number of rotatable bonds is 5. The summed E-state index contributed by atoms with van der Waals surface area (Å²) in [6.07, 6.45) is 8.27. The Hall–Kier alpha value is -1.43. The first-order valence-electron chi connectivity index (χ1n) is 11.1. The average Bonchev–Trinajstić information content (AvgIpc) is 3.21. The van der Waals surface area contributed by atoms with Gasteiger partial charge in [-0.3, -0.25) is 9.69 Å². The van der Waals surface area contributed by atoms with E-state index in [1.54, 1.807) is 0 Å². The van der Waals surface area contributed by atoms with Crippen molar-refractivity contribution in [2.24, 2.45) is 17.8 Å². The zero-order valence-electron chi connectivity index (χ0n) is 17.3. The van der Waals surface area contributed by atoms with Crippen molar-refractivity contribution >= 4 is 5.91 Å². The third-order valence-corrected chi connectivity index (χ3v) is 7.44. The first kappa shape index (κ1) is 19.9. The first-order valence-corrected chi connectivity index (χ1v) is 11.1. The number of hydrogen-bond acceptors (Lipinski definition) is 4. The van der Waals surface area contributed by atoms with Crippen LogP contribution in [0.15, 0.2) is 4.52 Å². The predicted octanol–water partition coefficient (Wildman–Crippen LogP) is 3.93. The lowest BCUT2D eigenvalue weighted by Gasteiger charge is -2.38. The number of aromatic nitrogens is 1. The van der Waals surface area contributed by atoms with Gasteiger partial charge < -0.3 is 9.84 Å². The van der Waals surface area contributed by atoms with Crippen LogP contribution < -0.4 is 5.32 Å². The highest BCUT2D eigenvalue weighted by Crippen LogP contribution is 2.42. The van der Waals surface area contributed by atoms with Crippen LogP contribution in [0.5, 0.6) is 0 Å². The second kappa shape index (κ2) is 8.52. The number of amides is 1. The molecule has 5 atom stereocenters. The molecule has 2 aliphatic carbocycles. The second-order valence-corrected chi connectivity index (χ2v) is 9.28. The molecule has 0 aromatic carbocycles. The number of nitrogens with one attached hydrogen (secondary N) is 1. The van der Waals surface area contributed by atoms with Gasteiger partial charge in [0.15, 0.2) is 0 Å². The van der Waals surface area contributed by atoms with Gasteiger partial charge in [0.25, 0.3) is 0 Å². The minimum absolute atomic E-state index is 0.0404. The molecule has 3 unspecified atom stereocenters. The maximum atomic E-state index is 14.1. The van der Waals surface area contributed by atoms with Crippen LogP contribution in [0.4, 0.5) is 4.39 Å².